The molecule has 0 aromatic heterocycles. The number of nitrogens with zero attached hydrogens (tertiary/aromatic N) is 2. The Hall–Kier alpha value is -1.51. The van der Waals surface area contributed by atoms with Gasteiger partial charge in [0, 0.05) is 44.4 Å². The highest BCUT2D eigenvalue weighted by Gasteiger charge is 2.45. The predicted molar refractivity (Wildman–Crippen MR) is 123 cm³/mol. The van der Waals surface area contributed by atoms with Gasteiger partial charge in [-0.05, 0) is 52.9 Å². The van der Waals surface area contributed by atoms with Crippen LogP contribution >= 0.6 is 0 Å². The number of aliphatic imine (C=N–C) groups is 1. The van der Waals surface area contributed by atoms with Crippen molar-refractivity contribution in [2.45, 2.75) is 72.4 Å². The molecule has 0 bridgehead atoms. The van der Waals surface area contributed by atoms with Gasteiger partial charge in [-0.1, -0.05) is 13.8 Å². The number of rotatable bonds is 10. The lowest BCUT2D eigenvalue weighted by atomic mass is 10.0. The molecule has 1 atom stereocenters. The first-order valence-electron chi connectivity index (χ1n) is 10.8. The molecule has 0 aromatic carbocycles. The van der Waals surface area contributed by atoms with Crippen LogP contribution in [-0.2, 0) is 14.6 Å². The molecule has 0 aliphatic heterocycles. The average molecular weight is 447 g/mol. The Labute approximate surface area is 183 Å². The molecule has 0 aromatic rings. The number of sulfone groups is 1. The van der Waals surface area contributed by atoms with Crippen molar-refractivity contribution >= 4 is 21.9 Å². The number of alkyl carbamates (subject to hydrolysis) is 1. The van der Waals surface area contributed by atoms with Crippen molar-refractivity contribution in [2.24, 2.45) is 16.3 Å². The van der Waals surface area contributed by atoms with Crippen LogP contribution in [-0.4, -0.2) is 75.7 Å². The SMILES string of the molecule is CCNC(=NCC1(CS(C)(=O)=O)CC1)N(C)CCC(NC(=O)OC(C)(C)C)C(C)C. The van der Waals surface area contributed by atoms with Crippen LogP contribution in [0, 0.1) is 11.3 Å². The van der Waals surface area contributed by atoms with E-state index in [1.54, 1.807) is 0 Å². The predicted octanol–water partition coefficient (Wildman–Crippen LogP) is 2.65. The van der Waals surface area contributed by atoms with Crippen LogP contribution in [0.25, 0.3) is 0 Å². The Bertz CT molecular complexity index is 694. The van der Waals surface area contributed by atoms with Crippen molar-refractivity contribution in [1.82, 2.24) is 15.5 Å². The maximum atomic E-state index is 12.2. The van der Waals surface area contributed by atoms with E-state index in [2.05, 4.69) is 24.5 Å². The van der Waals surface area contributed by atoms with E-state index < -0.39 is 21.5 Å². The summed E-state index contributed by atoms with van der Waals surface area (Å²) in [5.74, 6) is 1.22. The summed E-state index contributed by atoms with van der Waals surface area (Å²) in [5, 5.41) is 6.26. The van der Waals surface area contributed by atoms with Gasteiger partial charge in [0.15, 0.2) is 5.96 Å². The minimum atomic E-state index is -3.01. The molecule has 0 heterocycles. The second-order valence-corrected chi connectivity index (χ2v) is 12.1. The van der Waals surface area contributed by atoms with Crippen molar-refractivity contribution in [3.8, 4) is 0 Å². The van der Waals surface area contributed by atoms with Gasteiger partial charge in [-0.25, -0.2) is 13.2 Å². The molecule has 1 saturated carbocycles. The molecule has 176 valence electrons. The van der Waals surface area contributed by atoms with Gasteiger partial charge < -0.3 is 20.3 Å². The Morgan fingerprint density at radius 3 is 2.30 bits per heavy atom. The highest BCUT2D eigenvalue weighted by molar-refractivity contribution is 7.90. The molecule has 9 heteroatoms. The van der Waals surface area contributed by atoms with Crippen molar-refractivity contribution in [2.75, 3.05) is 38.7 Å². The van der Waals surface area contributed by atoms with E-state index in [9.17, 15) is 13.2 Å². The van der Waals surface area contributed by atoms with Gasteiger partial charge >= 0.3 is 6.09 Å². The standard InChI is InChI=1S/C21H42N4O4S/c1-9-22-18(23-14-21(11-12-21)15-30(8,27)28)25(7)13-10-17(16(2)3)24-19(26)29-20(4,5)6/h16-17H,9-15H2,1-8H3,(H,22,23)(H,24,26). The summed E-state index contributed by atoms with van der Waals surface area (Å²) >= 11 is 0. The fraction of sp³-hybridized carbons (Fsp3) is 0.905. The molecule has 0 spiro atoms. The lowest BCUT2D eigenvalue weighted by molar-refractivity contribution is 0.0485. The van der Waals surface area contributed by atoms with Crippen LogP contribution in [0.15, 0.2) is 4.99 Å². The molecular weight excluding hydrogens is 404 g/mol. The average Bonchev–Trinajstić information content (AvgIpc) is 3.30. The Morgan fingerprint density at radius 1 is 1.27 bits per heavy atom. The summed E-state index contributed by atoms with van der Waals surface area (Å²) in [6.45, 7) is 13.6. The van der Waals surface area contributed by atoms with Crippen molar-refractivity contribution in [3.63, 3.8) is 0 Å². The third kappa shape index (κ3) is 10.5. The minimum absolute atomic E-state index is 0.0230. The number of hydrogen-bond donors (Lipinski definition) is 2. The lowest BCUT2D eigenvalue weighted by Crippen LogP contribution is -2.45. The molecule has 1 unspecified atom stereocenters. The van der Waals surface area contributed by atoms with Crippen molar-refractivity contribution < 1.29 is 17.9 Å². The molecule has 1 rings (SSSR count). The van der Waals surface area contributed by atoms with Crippen LogP contribution in [0.3, 0.4) is 0 Å². The van der Waals surface area contributed by atoms with E-state index in [0.717, 1.165) is 31.8 Å². The van der Waals surface area contributed by atoms with E-state index in [1.807, 2.05) is 39.6 Å². The fourth-order valence-electron chi connectivity index (χ4n) is 3.26. The Kier molecular flexibility index (Phi) is 9.45. The molecule has 2 N–H and O–H groups in total. The fourth-order valence-corrected chi connectivity index (χ4v) is 4.76. The number of carbonyl (C=O) groups excluding carboxylic acids is 1. The van der Waals surface area contributed by atoms with Crippen LogP contribution in [0.1, 0.15) is 60.8 Å². The van der Waals surface area contributed by atoms with Gasteiger partial charge in [-0.2, -0.15) is 0 Å². The van der Waals surface area contributed by atoms with Gasteiger partial charge in [0.05, 0.1) is 5.75 Å². The molecular formula is C21H42N4O4S. The highest BCUT2D eigenvalue weighted by Crippen LogP contribution is 2.46. The number of ether oxygens (including phenoxy) is 1. The second kappa shape index (κ2) is 10.7. The number of guanidine groups is 1. The topological polar surface area (TPSA) is 100 Å². The van der Waals surface area contributed by atoms with Crippen molar-refractivity contribution in [1.29, 1.82) is 0 Å². The van der Waals surface area contributed by atoms with Crippen LogP contribution in [0.2, 0.25) is 0 Å². The first-order chi connectivity index (χ1) is 13.7. The van der Waals surface area contributed by atoms with E-state index >= 15 is 0 Å². The lowest BCUT2D eigenvalue weighted by Gasteiger charge is -2.28. The molecule has 1 amide bonds. The van der Waals surface area contributed by atoms with Gasteiger partial charge in [0.2, 0.25) is 0 Å². The van der Waals surface area contributed by atoms with Gasteiger partial charge in [-0.15, -0.1) is 0 Å². The normalized spacial score (nSPS) is 17.4. The summed E-state index contributed by atoms with van der Waals surface area (Å²) in [5.41, 5.74) is -0.730. The van der Waals surface area contributed by atoms with Gasteiger partial charge in [0.25, 0.3) is 0 Å². The third-order valence-electron chi connectivity index (χ3n) is 5.07. The van der Waals surface area contributed by atoms with E-state index in [4.69, 9.17) is 9.73 Å². The molecule has 0 radical (unpaired) electrons. The van der Waals surface area contributed by atoms with Crippen LogP contribution in [0.5, 0.6) is 0 Å². The van der Waals surface area contributed by atoms with Gasteiger partial charge in [0.1, 0.15) is 15.4 Å². The van der Waals surface area contributed by atoms with E-state index in [1.165, 1.54) is 6.26 Å². The molecule has 1 fully saturated rings. The number of amides is 1. The number of nitrogens with one attached hydrogen (secondary N) is 2. The smallest absolute Gasteiger partial charge is 0.407 e. The summed E-state index contributed by atoms with van der Waals surface area (Å²) in [6, 6.07) is -0.0230. The Morgan fingerprint density at radius 2 is 1.87 bits per heavy atom. The largest absolute Gasteiger partial charge is 0.444 e. The first-order valence-corrected chi connectivity index (χ1v) is 12.9. The molecule has 30 heavy (non-hydrogen) atoms. The summed E-state index contributed by atoms with van der Waals surface area (Å²) in [4.78, 5) is 18.9. The minimum Gasteiger partial charge on any atom is -0.444 e. The quantitative estimate of drug-likeness (QED) is 0.395. The number of carbonyl (C=O) groups is 1. The van der Waals surface area contributed by atoms with Crippen LogP contribution < -0.4 is 10.6 Å². The Balaban J connectivity index is 2.70. The van der Waals surface area contributed by atoms with E-state index in [-0.39, 0.29) is 23.1 Å². The molecule has 1 aliphatic rings. The molecule has 0 saturated heterocycles. The zero-order chi connectivity index (χ0) is 23.2. The number of hydrogen-bond acceptors (Lipinski definition) is 5. The summed E-state index contributed by atoms with van der Waals surface area (Å²) in [6.07, 6.45) is 3.44. The maximum Gasteiger partial charge on any atom is 0.407 e. The monoisotopic (exact) mass is 446 g/mol. The molecule has 1 aliphatic carbocycles. The summed E-state index contributed by atoms with van der Waals surface area (Å²) < 4.78 is 28.8. The van der Waals surface area contributed by atoms with Crippen LogP contribution in [0.4, 0.5) is 4.79 Å². The maximum absolute atomic E-state index is 12.2. The van der Waals surface area contributed by atoms with E-state index in [0.29, 0.717) is 13.1 Å². The third-order valence-corrected chi connectivity index (χ3v) is 6.21. The van der Waals surface area contributed by atoms with Crippen molar-refractivity contribution in [3.05, 3.63) is 0 Å². The zero-order valence-corrected chi connectivity index (χ0v) is 20.9. The summed E-state index contributed by atoms with van der Waals surface area (Å²) in [7, 11) is -1.05. The highest BCUT2D eigenvalue weighted by atomic mass is 32.2. The first kappa shape index (κ1) is 26.5. The second-order valence-electron chi connectivity index (χ2n) is 9.95. The van der Waals surface area contributed by atoms with Gasteiger partial charge in [-0.3, -0.25) is 4.99 Å². The molecule has 8 nitrogen and oxygen atoms in total. The zero-order valence-electron chi connectivity index (χ0n) is 20.0.